The largest absolute Gasteiger partial charge is 0.381 e. The van der Waals surface area contributed by atoms with Crippen LogP contribution in [0.1, 0.15) is 61.0 Å². The summed E-state index contributed by atoms with van der Waals surface area (Å²) in [6, 6.07) is 2.20. The molecular weight excluding hydrogens is 308 g/mol. The fourth-order valence-electron chi connectivity index (χ4n) is 3.59. The van der Waals surface area contributed by atoms with Crippen molar-refractivity contribution in [3.63, 3.8) is 0 Å². The van der Waals surface area contributed by atoms with Gasteiger partial charge >= 0.3 is 0 Å². The summed E-state index contributed by atoms with van der Waals surface area (Å²) in [6.45, 7) is 3.54. The highest BCUT2D eigenvalue weighted by Crippen LogP contribution is 2.35. The summed E-state index contributed by atoms with van der Waals surface area (Å²) in [5, 5.41) is 3.83. The van der Waals surface area contributed by atoms with Crippen molar-refractivity contribution in [3.05, 3.63) is 23.5 Å². The molecule has 0 radical (unpaired) electrons. The first kappa shape index (κ1) is 16.8. The normalized spacial score (nSPS) is 22.0. The topological polar surface area (TPSA) is 43.3 Å². The highest BCUT2D eigenvalue weighted by molar-refractivity contribution is 8.13. The van der Waals surface area contributed by atoms with E-state index in [1.54, 1.807) is 0 Å². The summed E-state index contributed by atoms with van der Waals surface area (Å²) >= 11 is 0. The van der Waals surface area contributed by atoms with Crippen molar-refractivity contribution in [2.24, 2.45) is 0 Å². The Bertz CT molecular complexity index is 570. The van der Waals surface area contributed by atoms with Gasteiger partial charge in [0, 0.05) is 36.4 Å². The van der Waals surface area contributed by atoms with Crippen LogP contribution in [0.3, 0.4) is 0 Å². The van der Waals surface area contributed by atoms with Crippen molar-refractivity contribution in [2.75, 3.05) is 13.2 Å². The van der Waals surface area contributed by atoms with Gasteiger partial charge in [-0.1, -0.05) is 35.8 Å². The summed E-state index contributed by atoms with van der Waals surface area (Å²) in [6.07, 6.45) is 10.4. The van der Waals surface area contributed by atoms with Gasteiger partial charge in [0.2, 0.25) is 0 Å². The van der Waals surface area contributed by atoms with E-state index in [4.69, 9.17) is 4.74 Å². The maximum Gasteiger partial charge on any atom is 0.253 e. The number of nitrogens with zero attached hydrogens (tertiary/aromatic N) is 1. The quantitative estimate of drug-likeness (QED) is 0.855. The summed E-state index contributed by atoms with van der Waals surface area (Å²) in [5.41, 5.74) is 1.85. The second kappa shape index (κ2) is 7.67. The molecule has 1 aliphatic carbocycles. The Balaban J connectivity index is 1.68. The Hall–Kier alpha value is -1.07. The van der Waals surface area contributed by atoms with Gasteiger partial charge in [0.1, 0.15) is 0 Å². The van der Waals surface area contributed by atoms with E-state index in [1.165, 1.54) is 32.1 Å². The number of rotatable bonds is 4. The van der Waals surface area contributed by atoms with Crippen LogP contribution in [-0.2, 0) is 4.74 Å². The molecule has 23 heavy (non-hydrogen) atoms. The smallest absolute Gasteiger partial charge is 0.253 e. The molecule has 1 aromatic rings. The molecule has 1 saturated heterocycles. The van der Waals surface area contributed by atoms with Crippen LogP contribution in [0.4, 0.5) is 0 Å². The average molecular weight is 337 g/mol. The molecule has 0 aromatic carbocycles. The van der Waals surface area contributed by atoms with Crippen LogP contribution < -0.4 is 5.32 Å². The Morgan fingerprint density at radius 2 is 1.96 bits per heavy atom. The number of carbonyl (C=O) groups excluding carboxylic acids is 1. The molecule has 128 valence electrons. The Morgan fingerprint density at radius 3 is 2.65 bits per heavy atom. The molecule has 1 N–H and O–H groups in total. The molecule has 1 aromatic heterocycles. The van der Waals surface area contributed by atoms with Crippen LogP contribution in [0.25, 0.3) is 0 Å². The first-order valence-electron chi connectivity index (χ1n) is 8.76. The zero-order valence-corrected chi connectivity index (χ0v) is 14.9. The number of hydrogen-bond donors (Lipinski definition) is 1. The second-order valence-corrected chi connectivity index (χ2v) is 8.52. The molecule has 1 atom stereocenters. The molecule has 0 spiro atoms. The molecule has 2 aliphatic rings. The molecule has 1 aliphatic heterocycles. The number of ether oxygens (including phenoxy) is 1. The van der Waals surface area contributed by atoms with Crippen LogP contribution >= 0.6 is 10.7 Å². The minimum atomic E-state index is -0.0672. The highest BCUT2D eigenvalue weighted by Gasteiger charge is 2.22. The standard InChI is InChI=1S/C18H28N2O2S/c1-14-17(18(21)19-15-9-12-22-13-10-15)8-11-20(14)23(2)16-6-4-3-5-7-16/h8,11,15-16H,2-7,9-10,12-13H2,1H3,(H,19,21). The number of nitrogens with one attached hydrogen (secondary N) is 1. The number of carbonyl (C=O) groups is 1. The Morgan fingerprint density at radius 1 is 1.26 bits per heavy atom. The fourth-order valence-corrected chi connectivity index (χ4v) is 5.46. The maximum absolute atomic E-state index is 12.6. The summed E-state index contributed by atoms with van der Waals surface area (Å²) in [4.78, 5) is 12.6. The summed E-state index contributed by atoms with van der Waals surface area (Å²) in [7, 11) is -0.0672. The SMILES string of the molecule is C=S(C1CCCCC1)n1ccc(C(=O)NC2CCOCC2)c1C. The molecule has 1 amide bonds. The van der Waals surface area contributed by atoms with E-state index in [0.717, 1.165) is 37.3 Å². The Labute approximate surface area is 141 Å². The van der Waals surface area contributed by atoms with E-state index < -0.39 is 0 Å². The minimum Gasteiger partial charge on any atom is -0.381 e. The van der Waals surface area contributed by atoms with Crippen molar-refractivity contribution in [1.29, 1.82) is 0 Å². The molecule has 4 nitrogen and oxygen atoms in total. The van der Waals surface area contributed by atoms with E-state index in [2.05, 4.69) is 21.4 Å². The third-order valence-electron chi connectivity index (χ3n) is 5.09. The van der Waals surface area contributed by atoms with Crippen LogP contribution in [0.5, 0.6) is 0 Å². The van der Waals surface area contributed by atoms with E-state index in [0.29, 0.717) is 5.25 Å². The highest BCUT2D eigenvalue weighted by atomic mass is 32.2. The van der Waals surface area contributed by atoms with Gasteiger partial charge in [-0.05, 0) is 38.7 Å². The van der Waals surface area contributed by atoms with Crippen molar-refractivity contribution in [3.8, 4) is 0 Å². The lowest BCUT2D eigenvalue weighted by Crippen LogP contribution is -2.39. The van der Waals surface area contributed by atoms with Crippen LogP contribution in [0.15, 0.2) is 12.3 Å². The van der Waals surface area contributed by atoms with Gasteiger partial charge < -0.3 is 14.0 Å². The minimum absolute atomic E-state index is 0.0498. The van der Waals surface area contributed by atoms with Crippen LogP contribution in [0.2, 0.25) is 0 Å². The first-order chi connectivity index (χ1) is 11.2. The van der Waals surface area contributed by atoms with Crippen molar-refractivity contribution < 1.29 is 9.53 Å². The first-order valence-corrected chi connectivity index (χ1v) is 10.2. The number of amides is 1. The lowest BCUT2D eigenvalue weighted by molar-refractivity contribution is 0.0696. The van der Waals surface area contributed by atoms with Crippen LogP contribution in [0, 0.1) is 6.92 Å². The molecule has 1 saturated carbocycles. The number of aromatic nitrogens is 1. The lowest BCUT2D eigenvalue weighted by Gasteiger charge is -2.26. The fraction of sp³-hybridized carbons (Fsp3) is 0.667. The second-order valence-electron chi connectivity index (χ2n) is 6.66. The molecule has 2 fully saturated rings. The third-order valence-corrected chi connectivity index (χ3v) is 7.23. The lowest BCUT2D eigenvalue weighted by atomic mass is 10.0. The molecule has 2 heterocycles. The molecule has 3 rings (SSSR count). The monoisotopic (exact) mass is 336 g/mol. The van der Waals surface area contributed by atoms with Crippen molar-refractivity contribution >= 4 is 22.4 Å². The van der Waals surface area contributed by atoms with E-state index in [1.807, 2.05) is 13.0 Å². The third kappa shape index (κ3) is 3.89. The predicted octanol–water partition coefficient (Wildman–Crippen LogP) is 3.50. The van der Waals surface area contributed by atoms with Crippen molar-refractivity contribution in [2.45, 2.75) is 63.2 Å². The van der Waals surface area contributed by atoms with E-state index >= 15 is 0 Å². The van der Waals surface area contributed by atoms with Crippen molar-refractivity contribution in [1.82, 2.24) is 9.29 Å². The maximum atomic E-state index is 12.6. The Kier molecular flexibility index (Phi) is 5.59. The van der Waals surface area contributed by atoms with Gasteiger partial charge in [-0.25, -0.2) is 0 Å². The zero-order valence-electron chi connectivity index (χ0n) is 14.1. The van der Waals surface area contributed by atoms with Crippen LogP contribution in [-0.4, -0.2) is 40.3 Å². The molecule has 1 unspecified atom stereocenters. The summed E-state index contributed by atoms with van der Waals surface area (Å²) < 4.78 is 7.58. The molecule has 0 bridgehead atoms. The van der Waals surface area contributed by atoms with E-state index in [9.17, 15) is 4.79 Å². The average Bonchev–Trinajstić information content (AvgIpc) is 2.97. The molecule has 5 heteroatoms. The van der Waals surface area contributed by atoms with Gasteiger partial charge in [0.25, 0.3) is 5.91 Å². The number of hydrogen-bond acceptors (Lipinski definition) is 2. The molecular formula is C18H28N2O2S. The van der Waals surface area contributed by atoms with Gasteiger partial charge in [-0.15, -0.1) is 0 Å². The van der Waals surface area contributed by atoms with Gasteiger partial charge in [0.15, 0.2) is 0 Å². The van der Waals surface area contributed by atoms with E-state index in [-0.39, 0.29) is 22.6 Å². The van der Waals surface area contributed by atoms with Gasteiger partial charge in [0.05, 0.1) is 5.56 Å². The van der Waals surface area contributed by atoms with Gasteiger partial charge in [-0.2, -0.15) is 0 Å². The summed E-state index contributed by atoms with van der Waals surface area (Å²) in [5.74, 6) is 4.47. The van der Waals surface area contributed by atoms with Gasteiger partial charge in [-0.3, -0.25) is 4.79 Å². The zero-order chi connectivity index (χ0) is 16.2. The predicted molar refractivity (Wildman–Crippen MR) is 97.5 cm³/mol.